The van der Waals surface area contributed by atoms with Gasteiger partial charge in [0.05, 0.1) is 47.6 Å². The van der Waals surface area contributed by atoms with E-state index in [1.807, 2.05) is 36.4 Å². The van der Waals surface area contributed by atoms with Gasteiger partial charge in [-0.3, -0.25) is 4.90 Å². The Labute approximate surface area is 222 Å². The number of carbonyl (C=O) groups is 2. The molecule has 9 heteroatoms. The van der Waals surface area contributed by atoms with Crippen LogP contribution in [0.2, 0.25) is 0 Å². The summed E-state index contributed by atoms with van der Waals surface area (Å²) in [5, 5.41) is 11.0. The minimum Gasteiger partial charge on any atom is -0.466 e. The summed E-state index contributed by atoms with van der Waals surface area (Å²) in [6.07, 6.45) is 0. The highest BCUT2D eigenvalue weighted by molar-refractivity contribution is 7.21. The molecule has 2 heterocycles. The molecule has 0 spiro atoms. The van der Waals surface area contributed by atoms with Gasteiger partial charge < -0.3 is 15.2 Å². The molecule has 188 valence electrons. The molecule has 0 amide bonds. The van der Waals surface area contributed by atoms with Gasteiger partial charge in [0.1, 0.15) is 16.5 Å². The van der Waals surface area contributed by atoms with Crippen LogP contribution in [0.25, 0.3) is 20.8 Å². The lowest BCUT2D eigenvalue weighted by atomic mass is 9.81. The molecule has 0 saturated heterocycles. The topological polar surface area (TPSA) is 119 Å². The first-order chi connectivity index (χ1) is 18.5. The van der Waals surface area contributed by atoms with Crippen LogP contribution < -0.4 is 10.6 Å². The number of allylic oxidation sites excluding steroid dienone is 1. The Kier molecular flexibility index (Phi) is 6.64. The van der Waals surface area contributed by atoms with Gasteiger partial charge in [-0.2, -0.15) is 5.26 Å². The predicted octanol–water partition coefficient (Wildman–Crippen LogP) is 4.86. The number of methoxy groups -OCH3 is 2. The van der Waals surface area contributed by atoms with E-state index in [0.29, 0.717) is 11.3 Å². The molecule has 1 unspecified atom stereocenters. The van der Waals surface area contributed by atoms with E-state index in [2.05, 4.69) is 6.07 Å². The van der Waals surface area contributed by atoms with E-state index in [9.17, 15) is 14.9 Å². The summed E-state index contributed by atoms with van der Waals surface area (Å²) in [5.74, 6) is -2.48. The highest BCUT2D eigenvalue weighted by Crippen LogP contribution is 2.44. The Hall–Kier alpha value is -4.94. The van der Waals surface area contributed by atoms with E-state index < -0.39 is 17.9 Å². The standard InChI is InChI=1S/C29H22N4O4S/c1-36-28(34)24-23(17-9-4-3-5-10-17)20(16-30)26(31)33(25(24)29(35)37-2)19-12-8-11-18(15-19)27-32-21-13-6-7-14-22(21)38-27/h3-15,23H,31H2,1-2H3. The van der Waals surface area contributed by atoms with Crippen LogP contribution in [-0.2, 0) is 19.1 Å². The second-order valence-corrected chi connectivity index (χ2v) is 9.40. The number of fused-ring (bicyclic) bond motifs is 1. The molecular formula is C29H22N4O4S. The number of esters is 2. The number of aromatic nitrogens is 1. The first-order valence-electron chi connectivity index (χ1n) is 11.6. The van der Waals surface area contributed by atoms with Crippen LogP contribution in [0.3, 0.4) is 0 Å². The number of hydrogen-bond donors (Lipinski definition) is 1. The molecule has 5 rings (SSSR count). The molecule has 8 nitrogen and oxygen atoms in total. The molecule has 1 aliphatic heterocycles. The van der Waals surface area contributed by atoms with E-state index in [-0.39, 0.29) is 22.7 Å². The molecule has 0 saturated carbocycles. The molecule has 38 heavy (non-hydrogen) atoms. The van der Waals surface area contributed by atoms with Gasteiger partial charge in [-0.15, -0.1) is 11.3 Å². The quantitative estimate of drug-likeness (QED) is 0.369. The molecule has 4 aromatic rings. The summed E-state index contributed by atoms with van der Waals surface area (Å²) < 4.78 is 11.2. The first-order valence-corrected chi connectivity index (χ1v) is 12.4. The van der Waals surface area contributed by atoms with Gasteiger partial charge in [-0.1, -0.05) is 54.6 Å². The largest absolute Gasteiger partial charge is 0.466 e. The third-order valence-corrected chi connectivity index (χ3v) is 7.34. The number of nitrogens with two attached hydrogens (primary N) is 1. The lowest BCUT2D eigenvalue weighted by Gasteiger charge is -2.36. The van der Waals surface area contributed by atoms with E-state index in [4.69, 9.17) is 20.2 Å². The van der Waals surface area contributed by atoms with E-state index in [1.165, 1.54) is 30.5 Å². The molecule has 1 aliphatic rings. The summed E-state index contributed by atoms with van der Waals surface area (Å²) in [4.78, 5) is 32.6. The SMILES string of the molecule is COC(=O)C1=C(C(=O)OC)N(c2cccc(-c3nc4ccccc4s3)c2)C(N)=C(C#N)C1c1ccccc1. The molecule has 2 N–H and O–H groups in total. The number of para-hydroxylation sites is 1. The second-order valence-electron chi connectivity index (χ2n) is 8.37. The maximum Gasteiger partial charge on any atom is 0.355 e. The minimum absolute atomic E-state index is 0.0101. The summed E-state index contributed by atoms with van der Waals surface area (Å²) in [6, 6.07) is 26.1. The highest BCUT2D eigenvalue weighted by Gasteiger charge is 2.43. The summed E-state index contributed by atoms with van der Waals surface area (Å²) in [6.45, 7) is 0. The summed E-state index contributed by atoms with van der Waals surface area (Å²) >= 11 is 1.53. The monoisotopic (exact) mass is 522 g/mol. The van der Waals surface area contributed by atoms with Crippen molar-refractivity contribution in [2.24, 2.45) is 5.73 Å². The smallest absolute Gasteiger partial charge is 0.355 e. The second kappa shape index (κ2) is 10.2. The number of anilines is 1. The van der Waals surface area contributed by atoms with Crippen molar-refractivity contribution < 1.29 is 19.1 Å². The third kappa shape index (κ3) is 4.17. The molecule has 3 aromatic carbocycles. The Balaban J connectivity index is 1.75. The van der Waals surface area contributed by atoms with Crippen molar-refractivity contribution >= 4 is 39.2 Å². The maximum absolute atomic E-state index is 13.3. The number of hydrogen-bond acceptors (Lipinski definition) is 9. The Morgan fingerprint density at radius 2 is 1.68 bits per heavy atom. The normalized spacial score (nSPS) is 15.4. The molecule has 1 atom stereocenters. The van der Waals surface area contributed by atoms with Gasteiger partial charge >= 0.3 is 11.9 Å². The fraction of sp³-hybridized carbons (Fsp3) is 0.103. The van der Waals surface area contributed by atoms with Gasteiger partial charge in [0.2, 0.25) is 0 Å². The predicted molar refractivity (Wildman–Crippen MR) is 145 cm³/mol. The van der Waals surface area contributed by atoms with Crippen molar-refractivity contribution in [2.45, 2.75) is 5.92 Å². The molecule has 0 radical (unpaired) electrons. The van der Waals surface area contributed by atoms with Crippen LogP contribution in [0, 0.1) is 11.3 Å². The Morgan fingerprint density at radius 3 is 2.37 bits per heavy atom. The maximum atomic E-state index is 13.3. The van der Waals surface area contributed by atoms with Crippen LogP contribution in [0.4, 0.5) is 5.69 Å². The number of carbonyl (C=O) groups excluding carboxylic acids is 2. The van der Waals surface area contributed by atoms with Gasteiger partial charge in [0.15, 0.2) is 0 Å². The number of rotatable bonds is 5. The van der Waals surface area contributed by atoms with Crippen LogP contribution in [0.1, 0.15) is 11.5 Å². The van der Waals surface area contributed by atoms with Crippen LogP contribution >= 0.6 is 11.3 Å². The Bertz CT molecular complexity index is 1630. The first kappa shape index (κ1) is 24.7. The van der Waals surface area contributed by atoms with Crippen molar-refractivity contribution in [1.82, 2.24) is 4.98 Å². The third-order valence-electron chi connectivity index (χ3n) is 6.26. The molecular weight excluding hydrogens is 500 g/mol. The number of nitrogens with zero attached hydrogens (tertiary/aromatic N) is 3. The van der Waals surface area contributed by atoms with E-state index in [1.54, 1.807) is 42.5 Å². The molecule has 0 aliphatic carbocycles. The average Bonchev–Trinajstić information content (AvgIpc) is 3.40. The van der Waals surface area contributed by atoms with E-state index >= 15 is 0 Å². The fourth-order valence-corrected chi connectivity index (χ4v) is 5.52. The minimum atomic E-state index is -0.925. The lowest BCUT2D eigenvalue weighted by Crippen LogP contribution is -2.40. The number of benzene rings is 3. The van der Waals surface area contributed by atoms with Crippen molar-refractivity contribution in [2.75, 3.05) is 19.1 Å². The molecule has 0 bridgehead atoms. The average molecular weight is 523 g/mol. The van der Waals surface area contributed by atoms with Gasteiger partial charge in [-0.05, 0) is 29.8 Å². The van der Waals surface area contributed by atoms with Crippen LogP contribution in [-0.4, -0.2) is 31.1 Å². The zero-order chi connectivity index (χ0) is 26.8. The van der Waals surface area contributed by atoms with Crippen molar-refractivity contribution in [3.63, 3.8) is 0 Å². The van der Waals surface area contributed by atoms with E-state index in [0.717, 1.165) is 20.8 Å². The van der Waals surface area contributed by atoms with Crippen LogP contribution in [0.15, 0.2) is 102 Å². The summed E-state index contributed by atoms with van der Waals surface area (Å²) in [5.41, 5.74) is 9.27. The van der Waals surface area contributed by atoms with Gasteiger partial charge in [-0.25, -0.2) is 14.6 Å². The van der Waals surface area contributed by atoms with Gasteiger partial charge in [0.25, 0.3) is 0 Å². The fourth-order valence-electron chi connectivity index (χ4n) is 4.56. The zero-order valence-corrected chi connectivity index (χ0v) is 21.4. The lowest BCUT2D eigenvalue weighted by molar-refractivity contribution is -0.139. The zero-order valence-electron chi connectivity index (χ0n) is 20.5. The summed E-state index contributed by atoms with van der Waals surface area (Å²) in [7, 11) is 2.44. The van der Waals surface area contributed by atoms with Gasteiger partial charge in [0, 0.05) is 11.3 Å². The van der Waals surface area contributed by atoms with Crippen molar-refractivity contribution in [1.29, 1.82) is 5.26 Å². The Morgan fingerprint density at radius 1 is 0.974 bits per heavy atom. The number of thiazole rings is 1. The number of ether oxygens (including phenoxy) is 2. The van der Waals surface area contributed by atoms with Crippen LogP contribution in [0.5, 0.6) is 0 Å². The number of nitriles is 1. The van der Waals surface area contributed by atoms with Crippen molar-refractivity contribution in [3.05, 3.63) is 107 Å². The molecule has 1 aromatic heterocycles. The molecule has 0 fully saturated rings. The van der Waals surface area contributed by atoms with Crippen molar-refractivity contribution in [3.8, 4) is 16.6 Å². The highest BCUT2D eigenvalue weighted by atomic mass is 32.1.